The lowest BCUT2D eigenvalue weighted by molar-refractivity contribution is -0.193. The number of pyridine rings is 2. The minimum absolute atomic E-state index is 0.164. The average Bonchev–Trinajstić information content (AvgIpc) is 3.35. The number of nitriles is 1. The molecule has 10 nitrogen and oxygen atoms in total. The van der Waals surface area contributed by atoms with Crippen LogP contribution in [-0.4, -0.2) is 61.0 Å². The zero-order valence-electron chi connectivity index (χ0n) is 21.8. The molecule has 3 heterocycles. The fourth-order valence-electron chi connectivity index (χ4n) is 3.21. The number of carboxylic acids is 2. The number of hydrogen-bond donors (Lipinski definition) is 3. The summed E-state index contributed by atoms with van der Waals surface area (Å²) in [5.41, 5.74) is 0.788. The van der Waals surface area contributed by atoms with Crippen LogP contribution in [0.1, 0.15) is 27.8 Å². The van der Waals surface area contributed by atoms with Gasteiger partial charge >= 0.3 is 30.5 Å². The van der Waals surface area contributed by atoms with Crippen LogP contribution in [0.15, 0.2) is 73.1 Å². The molecule has 0 aliphatic carbocycles. The normalized spacial score (nSPS) is 12.0. The van der Waals surface area contributed by atoms with E-state index in [0.717, 1.165) is 0 Å². The quantitative estimate of drug-likeness (QED) is 0.242. The fourth-order valence-corrected chi connectivity index (χ4v) is 3.21. The largest absolute Gasteiger partial charge is 0.490 e. The van der Waals surface area contributed by atoms with Crippen LogP contribution >= 0.6 is 0 Å². The van der Waals surface area contributed by atoms with E-state index in [9.17, 15) is 44.3 Å². The summed E-state index contributed by atoms with van der Waals surface area (Å²) < 4.78 is 106. The number of carbonyl (C=O) groups is 3. The Morgan fingerprint density at radius 3 is 1.91 bits per heavy atom. The molecular weight excluding hydrogens is 633 g/mol. The maximum atomic E-state index is 13.6. The van der Waals surface area contributed by atoms with Gasteiger partial charge in [-0.15, -0.1) is 0 Å². The summed E-state index contributed by atoms with van der Waals surface area (Å²) in [5.74, 6) is -6.17. The van der Waals surface area contributed by atoms with E-state index < -0.39 is 42.4 Å². The zero-order chi connectivity index (χ0) is 34.2. The highest BCUT2D eigenvalue weighted by Crippen LogP contribution is 2.32. The van der Waals surface area contributed by atoms with Crippen molar-refractivity contribution in [2.45, 2.75) is 24.6 Å². The maximum absolute atomic E-state index is 13.6. The summed E-state index contributed by atoms with van der Waals surface area (Å²) in [6.45, 7) is 0. The van der Waals surface area contributed by atoms with Crippen molar-refractivity contribution in [1.82, 2.24) is 19.7 Å². The summed E-state index contributed by atoms with van der Waals surface area (Å²) >= 11 is 0. The number of imidazole rings is 1. The third kappa shape index (κ3) is 9.94. The van der Waals surface area contributed by atoms with E-state index in [1.165, 1.54) is 24.4 Å². The van der Waals surface area contributed by atoms with E-state index in [2.05, 4.69) is 9.97 Å². The van der Waals surface area contributed by atoms with Crippen LogP contribution in [0.3, 0.4) is 0 Å². The second kappa shape index (κ2) is 14.2. The van der Waals surface area contributed by atoms with Gasteiger partial charge < -0.3 is 15.5 Å². The number of aliphatic carboxylic acids is 2. The Balaban J connectivity index is 0.000000421. The predicted molar refractivity (Wildman–Crippen MR) is 133 cm³/mol. The first-order valence-corrected chi connectivity index (χ1v) is 11.6. The SMILES string of the molecule is N#Cc1cccc(-c2nc(C(=O)NC(c3ccccn3)C(F)(F)F)c3ccccn23)c1.O=C(O)C(F)(F)F.O=C(O)C(F)(F)F. The molecule has 0 bridgehead atoms. The molecule has 1 amide bonds. The first-order valence-electron chi connectivity index (χ1n) is 11.6. The van der Waals surface area contributed by atoms with Gasteiger partial charge in [0.1, 0.15) is 5.82 Å². The van der Waals surface area contributed by atoms with Gasteiger partial charge in [0.15, 0.2) is 11.7 Å². The lowest BCUT2D eigenvalue weighted by atomic mass is 10.1. The monoisotopic (exact) mass is 649 g/mol. The highest BCUT2D eigenvalue weighted by molar-refractivity contribution is 6.00. The van der Waals surface area contributed by atoms with Gasteiger partial charge in [-0.05, 0) is 36.4 Å². The summed E-state index contributed by atoms with van der Waals surface area (Å²) in [6.07, 6.45) is -12.0. The topological polar surface area (TPSA) is 158 Å². The highest BCUT2D eigenvalue weighted by Gasteiger charge is 2.43. The van der Waals surface area contributed by atoms with Crippen LogP contribution in [-0.2, 0) is 9.59 Å². The summed E-state index contributed by atoms with van der Waals surface area (Å²) in [7, 11) is 0. The van der Waals surface area contributed by atoms with Crippen LogP contribution in [0.2, 0.25) is 0 Å². The van der Waals surface area contributed by atoms with Crippen LogP contribution in [0.25, 0.3) is 16.9 Å². The molecule has 238 valence electrons. The second-order valence-electron chi connectivity index (χ2n) is 8.24. The number of aromatic nitrogens is 3. The lowest BCUT2D eigenvalue weighted by Gasteiger charge is -2.20. The molecule has 0 spiro atoms. The van der Waals surface area contributed by atoms with E-state index in [1.807, 2.05) is 11.4 Å². The minimum Gasteiger partial charge on any atom is -0.475 e. The van der Waals surface area contributed by atoms with Gasteiger partial charge in [0, 0.05) is 18.0 Å². The van der Waals surface area contributed by atoms with Gasteiger partial charge in [0.05, 0.1) is 22.8 Å². The number of alkyl halides is 9. The first kappa shape index (κ1) is 35.5. The van der Waals surface area contributed by atoms with E-state index >= 15 is 0 Å². The van der Waals surface area contributed by atoms with Gasteiger partial charge in [-0.2, -0.15) is 44.8 Å². The minimum atomic E-state index is -5.08. The molecular formula is C26H16F9N5O5. The molecule has 3 N–H and O–H groups in total. The van der Waals surface area contributed by atoms with Gasteiger partial charge in [0.25, 0.3) is 5.91 Å². The maximum Gasteiger partial charge on any atom is 0.490 e. The number of amides is 1. The van der Waals surface area contributed by atoms with E-state index in [1.54, 1.807) is 53.1 Å². The number of benzene rings is 1. The number of fused-ring (bicyclic) bond motifs is 1. The third-order valence-corrected chi connectivity index (χ3v) is 5.08. The Hall–Kier alpha value is -5.67. The van der Waals surface area contributed by atoms with Crippen molar-refractivity contribution in [2.75, 3.05) is 0 Å². The summed E-state index contributed by atoms with van der Waals surface area (Å²) in [6, 6.07) is 15.4. The average molecular weight is 649 g/mol. The highest BCUT2D eigenvalue weighted by atomic mass is 19.4. The predicted octanol–water partition coefficient (Wildman–Crippen LogP) is 5.57. The first-order chi connectivity index (χ1) is 20.8. The summed E-state index contributed by atoms with van der Waals surface area (Å²) in [5, 5.41) is 25.4. The van der Waals surface area contributed by atoms with E-state index in [4.69, 9.17) is 25.1 Å². The number of nitrogens with one attached hydrogen (secondary N) is 1. The van der Waals surface area contributed by atoms with Crippen LogP contribution in [0.5, 0.6) is 0 Å². The molecule has 0 fully saturated rings. The Morgan fingerprint density at radius 2 is 1.42 bits per heavy atom. The zero-order valence-corrected chi connectivity index (χ0v) is 21.8. The number of rotatable bonds is 4. The molecule has 19 heteroatoms. The van der Waals surface area contributed by atoms with Gasteiger partial charge in [-0.25, -0.2) is 14.6 Å². The molecule has 45 heavy (non-hydrogen) atoms. The molecule has 0 aliphatic heterocycles. The smallest absolute Gasteiger partial charge is 0.475 e. The molecule has 0 saturated heterocycles. The Kier molecular flexibility index (Phi) is 11.2. The fraction of sp³-hybridized carbons (Fsp3) is 0.154. The van der Waals surface area contributed by atoms with Crippen LogP contribution < -0.4 is 5.32 Å². The molecule has 1 atom stereocenters. The van der Waals surface area contributed by atoms with Gasteiger partial charge in [-0.3, -0.25) is 14.2 Å². The van der Waals surface area contributed by atoms with Gasteiger partial charge in [-0.1, -0.05) is 24.3 Å². The Bertz CT molecular complexity index is 1670. The molecule has 3 aromatic heterocycles. The van der Waals surface area contributed by atoms with Crippen molar-refractivity contribution in [3.05, 3.63) is 90.0 Å². The number of nitrogens with zero attached hydrogens (tertiary/aromatic N) is 4. The van der Waals surface area contributed by atoms with Crippen molar-refractivity contribution < 1.29 is 64.1 Å². The third-order valence-electron chi connectivity index (χ3n) is 5.08. The molecule has 4 rings (SSSR count). The number of carbonyl (C=O) groups excluding carboxylic acids is 1. The summed E-state index contributed by atoms with van der Waals surface area (Å²) in [4.78, 5) is 38.7. The second-order valence-corrected chi connectivity index (χ2v) is 8.24. The molecule has 1 unspecified atom stereocenters. The van der Waals surface area contributed by atoms with Crippen molar-refractivity contribution in [2.24, 2.45) is 0 Å². The lowest BCUT2D eigenvalue weighted by Crippen LogP contribution is -2.38. The van der Waals surface area contributed by atoms with Crippen LogP contribution in [0.4, 0.5) is 39.5 Å². The van der Waals surface area contributed by atoms with Crippen molar-refractivity contribution in [1.29, 1.82) is 5.26 Å². The van der Waals surface area contributed by atoms with Crippen molar-refractivity contribution in [3.8, 4) is 17.5 Å². The number of halogens is 9. The Morgan fingerprint density at radius 1 is 0.844 bits per heavy atom. The standard InChI is InChI=1S/C22H14F3N5O.2C2HF3O2/c23-22(24,25)19(16-8-1-3-10-27-16)29-21(31)18-17-9-2-4-11-30(17)20(28-18)15-7-5-6-14(12-15)13-26;2*3-2(4,5)1(6)7/h1-12,19H,(H,29,31);2*(H,6,7). The van der Waals surface area contributed by atoms with Crippen LogP contribution in [0, 0.1) is 11.3 Å². The van der Waals surface area contributed by atoms with E-state index in [0.29, 0.717) is 22.5 Å². The number of hydrogen-bond acceptors (Lipinski definition) is 6. The number of carboxylic acid groups (broad SMARTS) is 2. The molecule has 0 saturated carbocycles. The molecule has 0 radical (unpaired) electrons. The van der Waals surface area contributed by atoms with Gasteiger partial charge in [0.2, 0.25) is 0 Å². The van der Waals surface area contributed by atoms with Crippen molar-refractivity contribution >= 4 is 23.4 Å². The molecule has 0 aliphatic rings. The molecule has 4 aromatic rings. The van der Waals surface area contributed by atoms with E-state index in [-0.39, 0.29) is 11.4 Å². The van der Waals surface area contributed by atoms with Crippen molar-refractivity contribution in [3.63, 3.8) is 0 Å². The molecule has 1 aromatic carbocycles. The Labute approximate surface area is 245 Å².